The largest absolute Gasteiger partial charge is 0.487 e. The number of aliphatic carboxylic acids is 1. The van der Waals surface area contributed by atoms with E-state index in [0.29, 0.717) is 24.4 Å². The van der Waals surface area contributed by atoms with Crippen LogP contribution >= 0.6 is 0 Å². The van der Waals surface area contributed by atoms with Gasteiger partial charge in [0.25, 0.3) is 5.91 Å². The Hall–Kier alpha value is -2.82. The first kappa shape index (κ1) is 24.8. The van der Waals surface area contributed by atoms with Gasteiger partial charge in [-0.15, -0.1) is 0 Å². The van der Waals surface area contributed by atoms with Crippen LogP contribution in [-0.2, 0) is 23.1 Å². The van der Waals surface area contributed by atoms with E-state index in [1.54, 1.807) is 6.07 Å². The fourth-order valence-electron chi connectivity index (χ4n) is 4.32. The lowest BCUT2D eigenvalue weighted by molar-refractivity contribution is -0.137. The van der Waals surface area contributed by atoms with E-state index in [2.05, 4.69) is 65.8 Å². The summed E-state index contributed by atoms with van der Waals surface area (Å²) in [5, 5.41) is 9.26. The minimum absolute atomic E-state index is 0.120. The second-order valence-electron chi connectivity index (χ2n) is 11.0. The lowest BCUT2D eigenvalue weighted by Gasteiger charge is -2.25. The molecule has 1 aliphatic heterocycles. The molecule has 0 bridgehead atoms. The molecule has 178 valence electrons. The van der Waals surface area contributed by atoms with Gasteiger partial charge in [0, 0.05) is 24.9 Å². The Kier molecular flexibility index (Phi) is 7.20. The highest BCUT2D eigenvalue weighted by atomic mass is 16.5. The van der Waals surface area contributed by atoms with E-state index in [1.165, 1.54) is 16.0 Å². The zero-order chi connectivity index (χ0) is 24.4. The molecular weight excluding hydrogens is 414 g/mol. The number of ether oxygens (including phenoxy) is 1. The molecular formula is C28H37NO4. The van der Waals surface area contributed by atoms with Crippen LogP contribution in [0.15, 0.2) is 42.5 Å². The summed E-state index contributed by atoms with van der Waals surface area (Å²) in [6.45, 7) is 13.0. The number of carbonyl (C=O) groups is 2. The van der Waals surface area contributed by atoms with Crippen molar-refractivity contribution in [3.05, 3.63) is 64.7 Å². The second kappa shape index (κ2) is 9.58. The number of rotatable bonds is 8. The molecule has 0 saturated carbocycles. The summed E-state index contributed by atoms with van der Waals surface area (Å²) < 4.78 is 6.32. The smallest absolute Gasteiger partial charge is 0.323 e. The SMILES string of the molecule is CC(C)CCN(CC(=O)O)C(=O)c1ccc2c(c1)C[C@](C)(Cc1ccc(C(C)(C)C)cc1)O2. The highest BCUT2D eigenvalue weighted by molar-refractivity contribution is 5.96. The number of carbonyl (C=O) groups excluding carboxylic acids is 1. The lowest BCUT2D eigenvalue weighted by Crippen LogP contribution is -2.37. The van der Waals surface area contributed by atoms with Crippen molar-refractivity contribution in [1.82, 2.24) is 4.90 Å². The lowest BCUT2D eigenvalue weighted by atomic mass is 9.85. The van der Waals surface area contributed by atoms with Crippen molar-refractivity contribution in [3.8, 4) is 5.75 Å². The molecule has 1 aliphatic rings. The Balaban J connectivity index is 1.73. The maximum atomic E-state index is 13.1. The van der Waals surface area contributed by atoms with Crippen LogP contribution in [0, 0.1) is 5.92 Å². The number of benzene rings is 2. The Morgan fingerprint density at radius 3 is 2.36 bits per heavy atom. The van der Waals surface area contributed by atoms with E-state index >= 15 is 0 Å². The average Bonchev–Trinajstić information content (AvgIpc) is 3.04. The first-order valence-corrected chi connectivity index (χ1v) is 11.8. The van der Waals surface area contributed by atoms with Crippen LogP contribution in [0.2, 0.25) is 0 Å². The maximum absolute atomic E-state index is 13.1. The van der Waals surface area contributed by atoms with Crippen molar-refractivity contribution in [2.45, 2.75) is 71.8 Å². The van der Waals surface area contributed by atoms with Crippen molar-refractivity contribution in [1.29, 1.82) is 0 Å². The quantitative estimate of drug-likeness (QED) is 0.576. The maximum Gasteiger partial charge on any atom is 0.323 e. The molecule has 0 fully saturated rings. The number of nitrogens with zero attached hydrogens (tertiary/aromatic N) is 1. The zero-order valence-electron chi connectivity index (χ0n) is 20.8. The third-order valence-electron chi connectivity index (χ3n) is 6.22. The summed E-state index contributed by atoms with van der Waals surface area (Å²) in [5.41, 5.74) is 3.77. The van der Waals surface area contributed by atoms with E-state index in [9.17, 15) is 14.7 Å². The molecule has 5 heteroatoms. The van der Waals surface area contributed by atoms with Gasteiger partial charge in [0.05, 0.1) is 0 Å². The van der Waals surface area contributed by atoms with Gasteiger partial charge < -0.3 is 14.7 Å². The molecule has 2 aromatic carbocycles. The van der Waals surface area contributed by atoms with Crippen molar-refractivity contribution in [2.75, 3.05) is 13.1 Å². The van der Waals surface area contributed by atoms with Crippen LogP contribution in [0.5, 0.6) is 5.75 Å². The normalized spacial score (nSPS) is 17.5. The molecule has 1 N–H and O–H groups in total. The van der Waals surface area contributed by atoms with E-state index in [-0.39, 0.29) is 23.5 Å². The molecule has 0 aromatic heterocycles. The van der Waals surface area contributed by atoms with Gasteiger partial charge in [-0.05, 0) is 59.6 Å². The summed E-state index contributed by atoms with van der Waals surface area (Å²) in [5.74, 6) is -0.0538. The predicted octanol–water partition coefficient (Wildman–Crippen LogP) is 5.49. The summed E-state index contributed by atoms with van der Waals surface area (Å²) in [7, 11) is 0. The van der Waals surface area contributed by atoms with Crippen molar-refractivity contribution >= 4 is 11.9 Å². The molecule has 1 atom stereocenters. The molecule has 0 aliphatic carbocycles. The van der Waals surface area contributed by atoms with Crippen LogP contribution in [0.1, 0.15) is 75.0 Å². The number of hydrogen-bond acceptors (Lipinski definition) is 3. The third kappa shape index (κ3) is 6.37. The monoisotopic (exact) mass is 451 g/mol. The number of carboxylic acids is 1. The van der Waals surface area contributed by atoms with E-state index in [0.717, 1.165) is 24.2 Å². The third-order valence-corrected chi connectivity index (χ3v) is 6.22. The summed E-state index contributed by atoms with van der Waals surface area (Å²) in [6.07, 6.45) is 2.24. The summed E-state index contributed by atoms with van der Waals surface area (Å²) >= 11 is 0. The van der Waals surface area contributed by atoms with Crippen LogP contribution in [-0.4, -0.2) is 40.6 Å². The fourth-order valence-corrected chi connectivity index (χ4v) is 4.32. The van der Waals surface area contributed by atoms with Gasteiger partial charge >= 0.3 is 5.97 Å². The summed E-state index contributed by atoms with van der Waals surface area (Å²) in [6, 6.07) is 14.2. The van der Waals surface area contributed by atoms with Gasteiger partial charge in [-0.3, -0.25) is 9.59 Å². The van der Waals surface area contributed by atoms with Gasteiger partial charge in [-0.25, -0.2) is 0 Å². The standard InChI is InChI=1S/C28H37NO4/c1-19(2)13-14-29(18-25(30)31)26(32)21-9-12-24-22(15-21)17-28(6,33-24)16-20-7-10-23(11-8-20)27(3,4)5/h7-12,15,19H,13-14,16-18H2,1-6H3,(H,30,31)/t28-/m0/s1. The highest BCUT2D eigenvalue weighted by Crippen LogP contribution is 2.38. The minimum atomic E-state index is -0.998. The molecule has 2 aromatic rings. The molecule has 0 spiro atoms. The highest BCUT2D eigenvalue weighted by Gasteiger charge is 2.35. The molecule has 1 heterocycles. The molecule has 1 amide bonds. The van der Waals surface area contributed by atoms with Crippen molar-refractivity contribution < 1.29 is 19.4 Å². The van der Waals surface area contributed by atoms with Crippen molar-refractivity contribution in [3.63, 3.8) is 0 Å². The van der Waals surface area contributed by atoms with E-state index in [4.69, 9.17) is 4.74 Å². The zero-order valence-corrected chi connectivity index (χ0v) is 20.8. The number of amides is 1. The second-order valence-corrected chi connectivity index (χ2v) is 11.0. The molecule has 0 unspecified atom stereocenters. The van der Waals surface area contributed by atoms with Gasteiger partial charge in [0.15, 0.2) is 0 Å². The van der Waals surface area contributed by atoms with Gasteiger partial charge in [0.1, 0.15) is 17.9 Å². The van der Waals surface area contributed by atoms with Crippen LogP contribution < -0.4 is 4.74 Å². The van der Waals surface area contributed by atoms with Gasteiger partial charge in [0.2, 0.25) is 0 Å². The predicted molar refractivity (Wildman–Crippen MR) is 131 cm³/mol. The Morgan fingerprint density at radius 2 is 1.79 bits per heavy atom. The number of carboxylic acid groups (broad SMARTS) is 1. The number of fused-ring (bicyclic) bond motifs is 1. The Morgan fingerprint density at radius 1 is 1.12 bits per heavy atom. The minimum Gasteiger partial charge on any atom is -0.487 e. The van der Waals surface area contributed by atoms with Gasteiger partial charge in [-0.1, -0.05) is 58.9 Å². The Labute approximate surface area is 197 Å². The molecule has 5 nitrogen and oxygen atoms in total. The Bertz CT molecular complexity index is 1000. The molecule has 0 radical (unpaired) electrons. The van der Waals surface area contributed by atoms with Crippen molar-refractivity contribution in [2.24, 2.45) is 5.92 Å². The van der Waals surface area contributed by atoms with E-state index < -0.39 is 5.97 Å². The van der Waals surface area contributed by atoms with E-state index in [1.807, 2.05) is 12.1 Å². The molecule has 33 heavy (non-hydrogen) atoms. The number of hydrogen-bond donors (Lipinski definition) is 1. The topological polar surface area (TPSA) is 66.8 Å². The molecule has 3 rings (SSSR count). The van der Waals surface area contributed by atoms with Gasteiger partial charge in [-0.2, -0.15) is 0 Å². The first-order chi connectivity index (χ1) is 15.4. The average molecular weight is 452 g/mol. The van der Waals surface area contributed by atoms with Crippen LogP contribution in [0.4, 0.5) is 0 Å². The first-order valence-electron chi connectivity index (χ1n) is 11.8. The van der Waals surface area contributed by atoms with Crippen LogP contribution in [0.3, 0.4) is 0 Å². The fraction of sp³-hybridized carbons (Fsp3) is 0.500. The molecule has 0 saturated heterocycles. The summed E-state index contributed by atoms with van der Waals surface area (Å²) in [4.78, 5) is 25.8. The van der Waals surface area contributed by atoms with Crippen LogP contribution in [0.25, 0.3) is 0 Å².